The Labute approximate surface area is 182 Å². The third-order valence-electron chi connectivity index (χ3n) is 5.68. The van der Waals surface area contributed by atoms with Gasteiger partial charge in [0.1, 0.15) is 6.17 Å². The summed E-state index contributed by atoms with van der Waals surface area (Å²) in [6.07, 6.45) is 11.0. The fourth-order valence-corrected chi connectivity index (χ4v) is 5.51. The SMILES string of the molecule is CC1CC(N)SC(C2CCCN(C3C=CC(NC(=O)Cc4ccccn4)N=C3)C2)=N1. The molecule has 3 N–H and O–H groups in total. The zero-order valence-corrected chi connectivity index (χ0v) is 18.2. The molecule has 0 bridgehead atoms. The van der Waals surface area contributed by atoms with Crippen molar-refractivity contribution in [2.45, 2.75) is 56.2 Å². The molecule has 0 radical (unpaired) electrons. The van der Waals surface area contributed by atoms with Crippen molar-refractivity contribution in [1.82, 2.24) is 15.2 Å². The third kappa shape index (κ3) is 5.56. The molecule has 160 valence electrons. The molecule has 3 aliphatic rings. The molecule has 4 heterocycles. The highest BCUT2D eigenvalue weighted by Crippen LogP contribution is 2.31. The Morgan fingerprint density at radius 1 is 1.37 bits per heavy atom. The van der Waals surface area contributed by atoms with E-state index in [-0.39, 0.29) is 29.9 Å². The average molecular weight is 427 g/mol. The second kappa shape index (κ2) is 9.85. The first-order valence-electron chi connectivity index (χ1n) is 10.7. The van der Waals surface area contributed by atoms with E-state index in [1.165, 1.54) is 11.5 Å². The van der Waals surface area contributed by atoms with E-state index in [1.807, 2.05) is 30.5 Å². The summed E-state index contributed by atoms with van der Waals surface area (Å²) < 4.78 is 0. The maximum absolute atomic E-state index is 12.2. The van der Waals surface area contributed by atoms with Crippen LogP contribution in [0.15, 0.2) is 46.5 Å². The standard InChI is InChI=1S/C22H30N6OS/c1-15-11-19(23)30-22(26-15)16-5-4-10-28(14-16)18-7-8-20(25-13-18)27-21(29)12-17-6-2-3-9-24-17/h2-3,6-9,13,15-16,18-20H,4-5,10-12,14,23H2,1H3,(H,27,29). The summed E-state index contributed by atoms with van der Waals surface area (Å²) in [7, 11) is 0. The number of thioether (sulfide) groups is 1. The van der Waals surface area contributed by atoms with Crippen LogP contribution in [0.3, 0.4) is 0 Å². The van der Waals surface area contributed by atoms with E-state index >= 15 is 0 Å². The van der Waals surface area contributed by atoms with Crippen LogP contribution in [0.2, 0.25) is 0 Å². The van der Waals surface area contributed by atoms with Gasteiger partial charge in [-0.25, -0.2) is 0 Å². The van der Waals surface area contributed by atoms with Crippen LogP contribution in [0.25, 0.3) is 0 Å². The van der Waals surface area contributed by atoms with Crippen LogP contribution in [-0.2, 0) is 11.2 Å². The van der Waals surface area contributed by atoms with Crippen LogP contribution >= 0.6 is 11.8 Å². The van der Waals surface area contributed by atoms with Gasteiger partial charge in [0, 0.05) is 30.6 Å². The number of nitrogens with two attached hydrogens (primary N) is 1. The van der Waals surface area contributed by atoms with Gasteiger partial charge in [0.25, 0.3) is 0 Å². The zero-order chi connectivity index (χ0) is 20.9. The maximum atomic E-state index is 12.2. The number of nitrogens with one attached hydrogen (secondary N) is 1. The molecule has 1 amide bonds. The molecule has 0 saturated carbocycles. The molecule has 5 unspecified atom stereocenters. The van der Waals surface area contributed by atoms with Gasteiger partial charge in [-0.05, 0) is 50.9 Å². The molecule has 0 aromatic carbocycles. The number of hydrogen-bond acceptors (Lipinski definition) is 7. The Morgan fingerprint density at radius 3 is 3.00 bits per heavy atom. The molecule has 8 heteroatoms. The Balaban J connectivity index is 1.30. The fraction of sp³-hybridized carbons (Fsp3) is 0.545. The number of piperidine rings is 1. The van der Waals surface area contributed by atoms with E-state index in [0.29, 0.717) is 12.0 Å². The van der Waals surface area contributed by atoms with Gasteiger partial charge in [0.2, 0.25) is 5.91 Å². The number of likely N-dealkylation sites (tertiary alicyclic amines) is 1. The van der Waals surface area contributed by atoms with Gasteiger partial charge in [-0.2, -0.15) is 0 Å². The highest BCUT2D eigenvalue weighted by atomic mass is 32.2. The second-order valence-electron chi connectivity index (χ2n) is 8.23. The number of rotatable bonds is 5. The van der Waals surface area contributed by atoms with Crippen LogP contribution in [0.1, 0.15) is 31.9 Å². The van der Waals surface area contributed by atoms with Crippen LogP contribution in [0.4, 0.5) is 0 Å². The van der Waals surface area contributed by atoms with Crippen molar-refractivity contribution >= 4 is 28.9 Å². The van der Waals surface area contributed by atoms with Crippen LogP contribution in [-0.4, -0.2) is 63.8 Å². The lowest BCUT2D eigenvalue weighted by Crippen LogP contribution is -2.47. The largest absolute Gasteiger partial charge is 0.331 e. The molecule has 4 rings (SSSR count). The number of carbonyl (C=O) groups excluding carboxylic acids is 1. The fourth-order valence-electron chi connectivity index (χ4n) is 4.20. The van der Waals surface area contributed by atoms with Crippen LogP contribution < -0.4 is 11.1 Å². The predicted molar refractivity (Wildman–Crippen MR) is 123 cm³/mol. The molecular formula is C22H30N6OS. The lowest BCUT2D eigenvalue weighted by atomic mass is 9.97. The molecule has 7 nitrogen and oxygen atoms in total. The Morgan fingerprint density at radius 2 is 2.27 bits per heavy atom. The van der Waals surface area contributed by atoms with Gasteiger partial charge in [-0.1, -0.05) is 23.9 Å². The quantitative estimate of drug-likeness (QED) is 0.702. The molecule has 1 aromatic rings. The average Bonchev–Trinajstić information content (AvgIpc) is 2.74. The monoisotopic (exact) mass is 426 g/mol. The molecule has 3 aliphatic heterocycles. The highest BCUT2D eigenvalue weighted by Gasteiger charge is 2.31. The van der Waals surface area contributed by atoms with Crippen molar-refractivity contribution in [1.29, 1.82) is 0 Å². The van der Waals surface area contributed by atoms with E-state index in [0.717, 1.165) is 31.6 Å². The van der Waals surface area contributed by atoms with Gasteiger partial charge in [-0.15, -0.1) is 0 Å². The summed E-state index contributed by atoms with van der Waals surface area (Å²) in [5.41, 5.74) is 6.96. The highest BCUT2D eigenvalue weighted by molar-refractivity contribution is 8.14. The number of aliphatic imine (C=N–C) groups is 2. The summed E-state index contributed by atoms with van der Waals surface area (Å²) in [5.74, 6) is 0.380. The summed E-state index contributed by atoms with van der Waals surface area (Å²) in [6, 6.07) is 6.06. The number of amides is 1. The first kappa shape index (κ1) is 21.2. The van der Waals surface area contributed by atoms with Gasteiger partial charge >= 0.3 is 0 Å². The van der Waals surface area contributed by atoms with E-state index in [2.05, 4.69) is 33.2 Å². The Hall–Kier alpha value is -2.03. The molecule has 1 fully saturated rings. The van der Waals surface area contributed by atoms with Crippen molar-refractivity contribution in [2.24, 2.45) is 21.6 Å². The van der Waals surface area contributed by atoms with Crippen molar-refractivity contribution in [3.63, 3.8) is 0 Å². The molecule has 0 spiro atoms. The van der Waals surface area contributed by atoms with Gasteiger partial charge in [0.15, 0.2) is 0 Å². The predicted octanol–water partition coefficient (Wildman–Crippen LogP) is 2.00. The van der Waals surface area contributed by atoms with Crippen LogP contribution in [0.5, 0.6) is 0 Å². The van der Waals surface area contributed by atoms with E-state index in [4.69, 9.17) is 10.7 Å². The first-order valence-corrected chi connectivity index (χ1v) is 11.6. The number of pyridine rings is 1. The van der Waals surface area contributed by atoms with Crippen molar-refractivity contribution in [3.05, 3.63) is 42.2 Å². The number of nitrogens with zero attached hydrogens (tertiary/aromatic N) is 4. The number of dihydropyridines is 1. The second-order valence-corrected chi connectivity index (χ2v) is 9.49. The molecular weight excluding hydrogens is 396 g/mol. The third-order valence-corrected chi connectivity index (χ3v) is 6.86. The molecule has 5 atom stereocenters. The lowest BCUT2D eigenvalue weighted by molar-refractivity contribution is -0.120. The number of aromatic nitrogens is 1. The molecule has 0 aliphatic carbocycles. The van der Waals surface area contributed by atoms with Crippen molar-refractivity contribution in [2.75, 3.05) is 13.1 Å². The smallest absolute Gasteiger partial charge is 0.227 e. The minimum atomic E-state index is -0.310. The minimum Gasteiger partial charge on any atom is -0.331 e. The van der Waals surface area contributed by atoms with Gasteiger partial charge < -0.3 is 11.1 Å². The molecule has 1 aromatic heterocycles. The normalized spacial score (nSPS) is 31.9. The van der Waals surface area contributed by atoms with Gasteiger partial charge in [0.05, 0.1) is 28.9 Å². The van der Waals surface area contributed by atoms with E-state index < -0.39 is 0 Å². The van der Waals surface area contributed by atoms with Gasteiger partial charge in [-0.3, -0.25) is 24.7 Å². The molecule has 1 saturated heterocycles. The zero-order valence-electron chi connectivity index (χ0n) is 17.4. The summed E-state index contributed by atoms with van der Waals surface area (Å²) in [6.45, 7) is 4.18. The topological polar surface area (TPSA) is 96.0 Å². The Kier molecular flexibility index (Phi) is 6.97. The van der Waals surface area contributed by atoms with Crippen LogP contribution in [0, 0.1) is 5.92 Å². The van der Waals surface area contributed by atoms with Crippen molar-refractivity contribution < 1.29 is 4.79 Å². The summed E-state index contributed by atoms with van der Waals surface area (Å²) in [4.78, 5) is 28.3. The summed E-state index contributed by atoms with van der Waals surface area (Å²) >= 11 is 1.75. The van der Waals surface area contributed by atoms with Crippen molar-refractivity contribution in [3.8, 4) is 0 Å². The number of hydrogen-bond donors (Lipinski definition) is 2. The minimum absolute atomic E-state index is 0.0743. The van der Waals surface area contributed by atoms with E-state index in [1.54, 1.807) is 18.0 Å². The first-order chi connectivity index (χ1) is 14.6. The Bertz CT molecular complexity index is 812. The molecule has 30 heavy (non-hydrogen) atoms. The summed E-state index contributed by atoms with van der Waals surface area (Å²) in [5, 5.41) is 4.33. The maximum Gasteiger partial charge on any atom is 0.227 e. The van der Waals surface area contributed by atoms with E-state index in [9.17, 15) is 4.79 Å². The lowest BCUT2D eigenvalue weighted by Gasteiger charge is -2.38. The number of carbonyl (C=O) groups is 1.